The fourth-order valence-corrected chi connectivity index (χ4v) is 4.57. The molecule has 0 saturated carbocycles. The van der Waals surface area contributed by atoms with E-state index in [1.54, 1.807) is 12.1 Å². The van der Waals surface area contributed by atoms with E-state index in [1.807, 2.05) is 19.1 Å². The van der Waals surface area contributed by atoms with Crippen LogP contribution in [0.3, 0.4) is 0 Å². The fourth-order valence-electron chi connectivity index (χ4n) is 3.01. The highest BCUT2D eigenvalue weighted by Gasteiger charge is 2.24. The van der Waals surface area contributed by atoms with Crippen LogP contribution < -0.4 is 16.4 Å². The monoisotopic (exact) mass is 373 g/mol. The Morgan fingerprint density at radius 3 is 2.72 bits per heavy atom. The third kappa shape index (κ3) is 3.88. The van der Waals surface area contributed by atoms with Gasteiger partial charge < -0.3 is 11.1 Å². The van der Waals surface area contributed by atoms with E-state index in [4.69, 9.17) is 18.0 Å². The van der Waals surface area contributed by atoms with Crippen molar-refractivity contribution in [1.82, 2.24) is 5.32 Å². The highest BCUT2D eigenvalue weighted by molar-refractivity contribution is 7.80. The average molecular weight is 374 g/mol. The number of hydrogen-bond acceptors (Lipinski definition) is 4. The summed E-state index contributed by atoms with van der Waals surface area (Å²) >= 11 is 6.74. The number of nitrogens with two attached hydrogens (primary N) is 1. The minimum absolute atomic E-state index is 0.160. The number of fused-ring (bicyclic) bond motifs is 1. The maximum atomic E-state index is 12.3. The Hall–Kier alpha value is -2.25. The molecule has 0 unspecified atom stereocenters. The molecule has 3 rings (SSSR count). The number of aryl methyl sites for hydroxylation is 2. The molecule has 2 amide bonds. The van der Waals surface area contributed by atoms with E-state index >= 15 is 0 Å². The summed E-state index contributed by atoms with van der Waals surface area (Å²) in [4.78, 5) is 25.3. The number of benzene rings is 1. The zero-order valence-electron chi connectivity index (χ0n) is 13.8. The summed E-state index contributed by atoms with van der Waals surface area (Å²) in [7, 11) is 0. The maximum absolute atomic E-state index is 12.3. The van der Waals surface area contributed by atoms with Crippen LogP contribution in [0, 0.1) is 6.92 Å². The molecule has 4 N–H and O–H groups in total. The van der Waals surface area contributed by atoms with Crippen LogP contribution in [0.5, 0.6) is 0 Å². The summed E-state index contributed by atoms with van der Waals surface area (Å²) in [5.74, 6) is -0.752. The van der Waals surface area contributed by atoms with Gasteiger partial charge in [-0.25, -0.2) is 0 Å². The van der Waals surface area contributed by atoms with Crippen LogP contribution >= 0.6 is 23.6 Å². The van der Waals surface area contributed by atoms with Crippen LogP contribution in [-0.2, 0) is 12.8 Å². The van der Waals surface area contributed by atoms with Crippen molar-refractivity contribution < 1.29 is 9.59 Å². The Balaban J connectivity index is 1.76. The lowest BCUT2D eigenvalue weighted by Gasteiger charge is -2.11. The first-order valence-corrected chi connectivity index (χ1v) is 9.31. The van der Waals surface area contributed by atoms with E-state index < -0.39 is 5.91 Å². The number of primary amides is 1. The molecular formula is C18H19N3O2S2. The molecule has 0 spiro atoms. The second-order valence-electron chi connectivity index (χ2n) is 6.06. The smallest absolute Gasteiger partial charge is 0.257 e. The molecule has 1 heterocycles. The third-order valence-corrected chi connectivity index (χ3v) is 5.56. The summed E-state index contributed by atoms with van der Waals surface area (Å²) in [5, 5.41) is 6.42. The van der Waals surface area contributed by atoms with Gasteiger partial charge in [0.1, 0.15) is 5.00 Å². The molecule has 0 radical (unpaired) electrons. The van der Waals surface area contributed by atoms with Gasteiger partial charge in [0.15, 0.2) is 5.11 Å². The van der Waals surface area contributed by atoms with Crippen molar-refractivity contribution >= 4 is 45.5 Å². The molecule has 0 bridgehead atoms. The minimum atomic E-state index is -0.463. The first kappa shape index (κ1) is 17.6. The van der Waals surface area contributed by atoms with E-state index in [2.05, 4.69) is 10.6 Å². The maximum Gasteiger partial charge on any atom is 0.257 e. The largest absolute Gasteiger partial charge is 0.365 e. The average Bonchev–Trinajstić information content (AvgIpc) is 2.92. The van der Waals surface area contributed by atoms with Crippen molar-refractivity contribution in [2.45, 2.75) is 32.6 Å². The number of carbonyl (C=O) groups is 2. The number of thiophene rings is 1. The van der Waals surface area contributed by atoms with Crippen molar-refractivity contribution in [3.05, 3.63) is 51.4 Å². The molecule has 1 aliphatic carbocycles. The molecule has 1 aromatic carbocycles. The van der Waals surface area contributed by atoms with Gasteiger partial charge in [-0.2, -0.15) is 0 Å². The van der Waals surface area contributed by atoms with Crippen molar-refractivity contribution in [1.29, 1.82) is 0 Å². The zero-order valence-corrected chi connectivity index (χ0v) is 15.5. The predicted octanol–water partition coefficient (Wildman–Crippen LogP) is 3.16. The van der Waals surface area contributed by atoms with Crippen LogP contribution in [0.4, 0.5) is 5.00 Å². The first-order valence-electron chi connectivity index (χ1n) is 8.09. The van der Waals surface area contributed by atoms with Crippen LogP contribution in [0.15, 0.2) is 24.3 Å². The van der Waals surface area contributed by atoms with Crippen molar-refractivity contribution in [2.24, 2.45) is 5.73 Å². The van der Waals surface area contributed by atoms with Crippen molar-refractivity contribution in [2.75, 3.05) is 5.32 Å². The van der Waals surface area contributed by atoms with E-state index in [1.165, 1.54) is 16.2 Å². The standard InChI is InChI=1S/C18H19N3O2S2/c1-10-5-4-6-11(9-10)16(23)20-18(24)21-17-14(15(19)22)12-7-2-3-8-13(12)25-17/h4-6,9H,2-3,7-8H2,1H3,(H2,19,22)(H2,20,21,23,24). The Kier molecular flexibility index (Phi) is 5.15. The summed E-state index contributed by atoms with van der Waals surface area (Å²) in [5.41, 5.74) is 8.62. The van der Waals surface area contributed by atoms with Gasteiger partial charge in [-0.15, -0.1) is 11.3 Å². The lowest BCUT2D eigenvalue weighted by Crippen LogP contribution is -2.34. The normalized spacial score (nSPS) is 13.0. The number of carbonyl (C=O) groups excluding carboxylic acids is 2. The van der Waals surface area contributed by atoms with E-state index in [0.717, 1.165) is 36.8 Å². The summed E-state index contributed by atoms with van der Waals surface area (Å²) in [6.07, 6.45) is 3.97. The fraction of sp³-hybridized carbons (Fsp3) is 0.278. The van der Waals surface area contributed by atoms with Gasteiger partial charge in [0.05, 0.1) is 5.56 Å². The van der Waals surface area contributed by atoms with E-state index in [-0.39, 0.29) is 11.0 Å². The van der Waals surface area contributed by atoms with Crippen LogP contribution in [-0.4, -0.2) is 16.9 Å². The van der Waals surface area contributed by atoms with Gasteiger partial charge in [-0.1, -0.05) is 17.7 Å². The third-order valence-electron chi connectivity index (χ3n) is 4.15. The van der Waals surface area contributed by atoms with Crippen molar-refractivity contribution in [3.8, 4) is 0 Å². The lowest BCUT2D eigenvalue weighted by atomic mass is 9.95. The summed E-state index contributed by atoms with van der Waals surface area (Å²) in [6.45, 7) is 1.92. The van der Waals surface area contributed by atoms with Crippen LogP contribution in [0.2, 0.25) is 0 Å². The molecule has 0 aliphatic heterocycles. The molecule has 7 heteroatoms. The highest BCUT2D eigenvalue weighted by Crippen LogP contribution is 2.37. The van der Waals surface area contributed by atoms with Gasteiger partial charge in [-0.3, -0.25) is 14.9 Å². The van der Waals surface area contributed by atoms with Gasteiger partial charge in [0.2, 0.25) is 0 Å². The second-order valence-corrected chi connectivity index (χ2v) is 7.57. The Labute approximate surface area is 155 Å². The molecule has 1 aliphatic rings. The molecule has 0 atom stereocenters. The minimum Gasteiger partial charge on any atom is -0.365 e. The molecule has 1 aromatic heterocycles. The van der Waals surface area contributed by atoms with E-state index in [9.17, 15) is 9.59 Å². The molecule has 2 aromatic rings. The molecule has 5 nitrogen and oxygen atoms in total. The van der Waals surface area contributed by atoms with Gasteiger partial charge >= 0.3 is 0 Å². The molecule has 25 heavy (non-hydrogen) atoms. The molecule has 130 valence electrons. The van der Waals surface area contributed by atoms with Crippen LogP contribution in [0.1, 0.15) is 49.6 Å². The van der Waals surface area contributed by atoms with Gasteiger partial charge in [-0.05, 0) is 62.5 Å². The number of rotatable bonds is 3. The SMILES string of the molecule is Cc1cccc(C(=O)NC(=S)Nc2sc3c(c2C(N)=O)CCCC3)c1. The summed E-state index contributed by atoms with van der Waals surface area (Å²) < 4.78 is 0. The Morgan fingerprint density at radius 1 is 1.24 bits per heavy atom. The Morgan fingerprint density at radius 2 is 2.00 bits per heavy atom. The zero-order chi connectivity index (χ0) is 18.0. The van der Waals surface area contributed by atoms with E-state index in [0.29, 0.717) is 16.1 Å². The number of anilines is 1. The number of thiocarbonyl (C=S) groups is 1. The van der Waals surface area contributed by atoms with Gasteiger partial charge in [0.25, 0.3) is 11.8 Å². The lowest BCUT2D eigenvalue weighted by molar-refractivity contribution is 0.0975. The molecule has 0 saturated heterocycles. The number of amides is 2. The Bertz CT molecular complexity index is 858. The topological polar surface area (TPSA) is 84.2 Å². The van der Waals surface area contributed by atoms with Crippen molar-refractivity contribution in [3.63, 3.8) is 0 Å². The van der Waals surface area contributed by atoms with Crippen LogP contribution in [0.25, 0.3) is 0 Å². The summed E-state index contributed by atoms with van der Waals surface area (Å²) in [6, 6.07) is 7.25. The number of hydrogen-bond donors (Lipinski definition) is 3. The quantitative estimate of drug-likeness (QED) is 0.722. The predicted molar refractivity (Wildman–Crippen MR) is 104 cm³/mol. The highest BCUT2D eigenvalue weighted by atomic mass is 32.1. The molecule has 0 fully saturated rings. The van der Waals surface area contributed by atoms with Gasteiger partial charge in [0, 0.05) is 10.4 Å². The molecular weight excluding hydrogens is 354 g/mol. The first-order chi connectivity index (χ1) is 12.0. The second kappa shape index (κ2) is 7.33. The number of nitrogens with one attached hydrogen (secondary N) is 2.